The summed E-state index contributed by atoms with van der Waals surface area (Å²) in [6, 6.07) is 7.13. The largest absolute Gasteiger partial charge is 0.508 e. The maximum absolute atomic E-state index is 9.34. The minimum Gasteiger partial charge on any atom is -0.508 e. The summed E-state index contributed by atoms with van der Waals surface area (Å²) in [4.78, 5) is 4.30. The summed E-state index contributed by atoms with van der Waals surface area (Å²) in [5.41, 5.74) is 1.91. The standard InChI is InChI=1S/C11H12N2O/c1-8-7-13(9(2)12-8)10-4-3-5-11(14)6-10/h3-7,14H,1-2H3. The molecular weight excluding hydrogens is 176 g/mol. The molecule has 1 N–H and O–H groups in total. The molecule has 72 valence electrons. The lowest BCUT2D eigenvalue weighted by Crippen LogP contribution is -1.94. The second-order valence-electron chi connectivity index (χ2n) is 3.32. The first kappa shape index (κ1) is 8.81. The second kappa shape index (κ2) is 3.18. The average Bonchev–Trinajstić information content (AvgIpc) is 2.45. The number of phenols is 1. The molecule has 0 spiro atoms. The van der Waals surface area contributed by atoms with Crippen LogP contribution < -0.4 is 0 Å². The maximum atomic E-state index is 9.34. The number of hydrogen-bond acceptors (Lipinski definition) is 2. The normalized spacial score (nSPS) is 10.4. The molecule has 1 aromatic carbocycles. The predicted molar refractivity (Wildman–Crippen MR) is 54.7 cm³/mol. The van der Waals surface area contributed by atoms with Gasteiger partial charge in [-0.2, -0.15) is 0 Å². The maximum Gasteiger partial charge on any atom is 0.117 e. The zero-order chi connectivity index (χ0) is 10.1. The molecule has 0 aliphatic rings. The van der Waals surface area contributed by atoms with Gasteiger partial charge in [0.25, 0.3) is 0 Å². The Labute approximate surface area is 82.7 Å². The van der Waals surface area contributed by atoms with E-state index < -0.39 is 0 Å². The van der Waals surface area contributed by atoms with Crippen LogP contribution in [0.2, 0.25) is 0 Å². The van der Waals surface area contributed by atoms with Gasteiger partial charge in [-0.3, -0.25) is 0 Å². The van der Waals surface area contributed by atoms with Gasteiger partial charge in [0.05, 0.1) is 11.4 Å². The van der Waals surface area contributed by atoms with Crippen LogP contribution in [0.4, 0.5) is 0 Å². The monoisotopic (exact) mass is 188 g/mol. The van der Waals surface area contributed by atoms with Crippen LogP contribution in [0.3, 0.4) is 0 Å². The van der Waals surface area contributed by atoms with Gasteiger partial charge in [-0.15, -0.1) is 0 Å². The van der Waals surface area contributed by atoms with Crippen molar-refractivity contribution in [3.05, 3.63) is 42.0 Å². The van der Waals surface area contributed by atoms with Crippen molar-refractivity contribution in [3.63, 3.8) is 0 Å². The number of imidazole rings is 1. The zero-order valence-corrected chi connectivity index (χ0v) is 8.23. The topological polar surface area (TPSA) is 38.0 Å². The molecule has 0 bridgehead atoms. The van der Waals surface area contributed by atoms with Crippen molar-refractivity contribution in [2.24, 2.45) is 0 Å². The molecular formula is C11H12N2O. The number of nitrogens with zero attached hydrogens (tertiary/aromatic N) is 2. The number of hydrogen-bond donors (Lipinski definition) is 1. The highest BCUT2D eigenvalue weighted by Crippen LogP contribution is 2.17. The van der Waals surface area contributed by atoms with E-state index in [1.807, 2.05) is 36.7 Å². The summed E-state index contributed by atoms with van der Waals surface area (Å²) in [5, 5.41) is 9.34. The van der Waals surface area contributed by atoms with E-state index in [9.17, 15) is 5.11 Å². The zero-order valence-electron chi connectivity index (χ0n) is 8.23. The van der Waals surface area contributed by atoms with Gasteiger partial charge >= 0.3 is 0 Å². The van der Waals surface area contributed by atoms with E-state index in [0.717, 1.165) is 17.2 Å². The lowest BCUT2D eigenvalue weighted by Gasteiger charge is -2.04. The number of aromatic nitrogens is 2. The van der Waals surface area contributed by atoms with E-state index in [4.69, 9.17) is 0 Å². The molecule has 1 heterocycles. The minimum atomic E-state index is 0.272. The van der Waals surface area contributed by atoms with Crippen molar-refractivity contribution in [1.82, 2.24) is 9.55 Å². The Balaban J connectivity index is 2.54. The number of benzene rings is 1. The molecule has 0 aliphatic heterocycles. The van der Waals surface area contributed by atoms with Crippen LogP contribution >= 0.6 is 0 Å². The molecule has 0 atom stereocenters. The number of phenolic OH excluding ortho intramolecular Hbond substituents is 1. The molecule has 3 heteroatoms. The van der Waals surface area contributed by atoms with Crippen molar-refractivity contribution >= 4 is 0 Å². The van der Waals surface area contributed by atoms with Crippen LogP contribution in [-0.2, 0) is 0 Å². The third-order valence-electron chi connectivity index (χ3n) is 2.11. The summed E-state index contributed by atoms with van der Waals surface area (Å²) in [5.74, 6) is 1.20. The molecule has 1 aromatic heterocycles. The van der Waals surface area contributed by atoms with Crippen molar-refractivity contribution in [2.45, 2.75) is 13.8 Å². The van der Waals surface area contributed by atoms with E-state index in [0.29, 0.717) is 0 Å². The summed E-state index contributed by atoms with van der Waals surface area (Å²) in [6.45, 7) is 3.89. The highest BCUT2D eigenvalue weighted by molar-refractivity contribution is 5.39. The van der Waals surface area contributed by atoms with E-state index in [1.165, 1.54) is 0 Å². The molecule has 0 saturated heterocycles. The Kier molecular flexibility index (Phi) is 2.00. The molecule has 0 saturated carbocycles. The molecule has 0 unspecified atom stereocenters. The van der Waals surface area contributed by atoms with E-state index in [2.05, 4.69) is 4.98 Å². The van der Waals surface area contributed by atoms with Gasteiger partial charge in [-0.25, -0.2) is 4.98 Å². The van der Waals surface area contributed by atoms with Gasteiger partial charge in [0.15, 0.2) is 0 Å². The van der Waals surface area contributed by atoms with Crippen molar-refractivity contribution in [2.75, 3.05) is 0 Å². The van der Waals surface area contributed by atoms with Crippen LogP contribution in [0.15, 0.2) is 30.5 Å². The summed E-state index contributed by atoms with van der Waals surface area (Å²) < 4.78 is 1.95. The second-order valence-corrected chi connectivity index (χ2v) is 3.32. The molecule has 0 aliphatic carbocycles. The summed E-state index contributed by atoms with van der Waals surface area (Å²) >= 11 is 0. The first-order valence-electron chi connectivity index (χ1n) is 4.49. The third kappa shape index (κ3) is 1.48. The Bertz CT molecular complexity index is 460. The Morgan fingerprint density at radius 2 is 2.07 bits per heavy atom. The summed E-state index contributed by atoms with van der Waals surface area (Å²) in [6.07, 6.45) is 1.95. The van der Waals surface area contributed by atoms with Crippen molar-refractivity contribution in [1.29, 1.82) is 0 Å². The lowest BCUT2D eigenvalue weighted by atomic mass is 10.3. The number of aromatic hydroxyl groups is 1. The van der Waals surface area contributed by atoms with Gasteiger partial charge in [0, 0.05) is 12.3 Å². The van der Waals surface area contributed by atoms with Crippen LogP contribution in [-0.4, -0.2) is 14.7 Å². The smallest absolute Gasteiger partial charge is 0.117 e. The van der Waals surface area contributed by atoms with Crippen LogP contribution in [0.5, 0.6) is 5.75 Å². The van der Waals surface area contributed by atoms with Gasteiger partial charge in [0.1, 0.15) is 11.6 Å². The van der Waals surface area contributed by atoms with Crippen LogP contribution in [0, 0.1) is 13.8 Å². The number of aryl methyl sites for hydroxylation is 2. The first-order valence-corrected chi connectivity index (χ1v) is 4.49. The van der Waals surface area contributed by atoms with Crippen LogP contribution in [0.25, 0.3) is 5.69 Å². The highest BCUT2D eigenvalue weighted by Gasteiger charge is 2.02. The third-order valence-corrected chi connectivity index (χ3v) is 2.11. The highest BCUT2D eigenvalue weighted by atomic mass is 16.3. The van der Waals surface area contributed by atoms with Gasteiger partial charge in [-0.05, 0) is 26.0 Å². The molecule has 14 heavy (non-hydrogen) atoms. The Hall–Kier alpha value is -1.77. The lowest BCUT2D eigenvalue weighted by molar-refractivity contribution is 0.475. The molecule has 0 amide bonds. The average molecular weight is 188 g/mol. The van der Waals surface area contributed by atoms with E-state index in [1.54, 1.807) is 12.1 Å². The quantitative estimate of drug-likeness (QED) is 0.745. The summed E-state index contributed by atoms with van der Waals surface area (Å²) in [7, 11) is 0. The molecule has 0 fully saturated rings. The number of rotatable bonds is 1. The van der Waals surface area contributed by atoms with Crippen molar-refractivity contribution < 1.29 is 5.11 Å². The first-order chi connectivity index (χ1) is 6.66. The fraction of sp³-hybridized carbons (Fsp3) is 0.182. The Morgan fingerprint density at radius 1 is 1.29 bits per heavy atom. The predicted octanol–water partition coefficient (Wildman–Crippen LogP) is 2.19. The van der Waals surface area contributed by atoms with Gasteiger partial charge in [0.2, 0.25) is 0 Å². The molecule has 3 nitrogen and oxygen atoms in total. The van der Waals surface area contributed by atoms with Crippen molar-refractivity contribution in [3.8, 4) is 11.4 Å². The fourth-order valence-corrected chi connectivity index (χ4v) is 1.52. The van der Waals surface area contributed by atoms with Gasteiger partial charge < -0.3 is 9.67 Å². The van der Waals surface area contributed by atoms with E-state index in [-0.39, 0.29) is 5.75 Å². The SMILES string of the molecule is Cc1cn(-c2cccc(O)c2)c(C)n1. The molecule has 2 aromatic rings. The van der Waals surface area contributed by atoms with Crippen LogP contribution in [0.1, 0.15) is 11.5 Å². The minimum absolute atomic E-state index is 0.272. The molecule has 2 rings (SSSR count). The van der Waals surface area contributed by atoms with Gasteiger partial charge in [-0.1, -0.05) is 6.07 Å². The fourth-order valence-electron chi connectivity index (χ4n) is 1.52. The molecule has 0 radical (unpaired) electrons. The Morgan fingerprint density at radius 3 is 2.64 bits per heavy atom. The van der Waals surface area contributed by atoms with E-state index >= 15 is 0 Å².